The predicted octanol–water partition coefficient (Wildman–Crippen LogP) is 5.64. The van der Waals surface area contributed by atoms with Gasteiger partial charge >= 0.3 is 6.00 Å². The summed E-state index contributed by atoms with van der Waals surface area (Å²) in [5, 5.41) is 0. The monoisotopic (exact) mass is 286 g/mol. The first-order chi connectivity index (χ1) is 6.77. The number of halogens is 3. The van der Waals surface area contributed by atoms with Gasteiger partial charge in [0.05, 0.1) is 0 Å². The average Bonchev–Trinajstić information content (AvgIpc) is 2.17. The molecule has 0 aliphatic heterocycles. The molecule has 0 atom stereocenters. The quantitative estimate of drug-likeness (QED) is 0.465. The maximum Gasteiger partial charge on any atom is 0.344 e. The van der Waals surface area contributed by atoms with E-state index < -0.39 is 6.00 Å². The lowest BCUT2D eigenvalue weighted by atomic mass is 9.70. The Bertz CT molecular complexity index is 202. The van der Waals surface area contributed by atoms with Gasteiger partial charge in [0, 0.05) is 0 Å². The van der Waals surface area contributed by atoms with Crippen LogP contribution in [-0.4, -0.2) is 6.00 Å². The molecule has 0 aromatic rings. The molecule has 1 aliphatic carbocycles. The number of hydrogen-bond acceptors (Lipinski definition) is 0. The van der Waals surface area contributed by atoms with Crippen molar-refractivity contribution in [3.05, 3.63) is 0 Å². The van der Waals surface area contributed by atoms with Crippen molar-refractivity contribution < 1.29 is 0 Å². The zero-order valence-corrected chi connectivity index (χ0v) is 13.1. The van der Waals surface area contributed by atoms with Crippen molar-refractivity contribution in [2.45, 2.75) is 58.4 Å². The van der Waals surface area contributed by atoms with Crippen molar-refractivity contribution in [1.82, 2.24) is 0 Å². The lowest BCUT2D eigenvalue weighted by Crippen LogP contribution is -2.31. The molecule has 0 N–H and O–H groups in total. The van der Waals surface area contributed by atoms with E-state index in [-0.39, 0.29) is 0 Å². The van der Waals surface area contributed by atoms with Crippen LogP contribution in [0.1, 0.15) is 52.9 Å². The van der Waals surface area contributed by atoms with Crippen LogP contribution >= 0.6 is 33.2 Å². The minimum Gasteiger partial charge on any atom is -0.126 e. The van der Waals surface area contributed by atoms with Crippen LogP contribution in [0, 0.1) is 11.3 Å². The zero-order chi connectivity index (χ0) is 11.7. The van der Waals surface area contributed by atoms with E-state index in [0.29, 0.717) is 11.0 Å². The van der Waals surface area contributed by atoms with Crippen LogP contribution in [0.15, 0.2) is 0 Å². The lowest BCUT2D eigenvalue weighted by Gasteiger charge is -2.40. The van der Waals surface area contributed by atoms with Gasteiger partial charge in [-0.3, -0.25) is 0 Å². The Morgan fingerprint density at radius 1 is 1.07 bits per heavy atom. The van der Waals surface area contributed by atoms with Crippen LogP contribution < -0.4 is 0 Å². The highest BCUT2D eigenvalue weighted by atomic mass is 35.8. The zero-order valence-electron chi connectivity index (χ0n) is 9.82. The third kappa shape index (κ3) is 3.80. The number of rotatable bonds is 3. The third-order valence-corrected chi connectivity index (χ3v) is 8.49. The van der Waals surface area contributed by atoms with Crippen molar-refractivity contribution in [3.8, 4) is 0 Å². The molecular weight excluding hydrogens is 267 g/mol. The van der Waals surface area contributed by atoms with Crippen LogP contribution in [0.5, 0.6) is 0 Å². The van der Waals surface area contributed by atoms with Crippen LogP contribution in [0.2, 0.25) is 5.54 Å². The van der Waals surface area contributed by atoms with Gasteiger partial charge in [0.15, 0.2) is 0 Å². The van der Waals surface area contributed by atoms with Gasteiger partial charge in [-0.2, -0.15) is 0 Å². The molecule has 0 bridgehead atoms. The second-order valence-electron chi connectivity index (χ2n) is 5.43. The van der Waals surface area contributed by atoms with E-state index >= 15 is 0 Å². The van der Waals surface area contributed by atoms with Crippen molar-refractivity contribution >= 4 is 39.2 Å². The Morgan fingerprint density at radius 3 is 1.87 bits per heavy atom. The highest BCUT2D eigenvalue weighted by Crippen LogP contribution is 2.49. The predicted molar refractivity (Wildman–Crippen MR) is 73.1 cm³/mol. The molecule has 0 unspecified atom stereocenters. The third-order valence-electron chi connectivity index (χ3n) is 4.21. The van der Waals surface area contributed by atoms with Crippen LogP contribution in [0.3, 0.4) is 0 Å². The van der Waals surface area contributed by atoms with Gasteiger partial charge in [0.25, 0.3) is 0 Å². The van der Waals surface area contributed by atoms with Crippen molar-refractivity contribution in [3.63, 3.8) is 0 Å². The summed E-state index contributed by atoms with van der Waals surface area (Å²) in [6.07, 6.45) is 5.97. The molecule has 0 heterocycles. The summed E-state index contributed by atoms with van der Waals surface area (Å²) in [7, 11) is 0. The summed E-state index contributed by atoms with van der Waals surface area (Å²) in [6, 6.07) is -2.44. The fourth-order valence-corrected chi connectivity index (χ4v) is 5.44. The van der Waals surface area contributed by atoms with Crippen molar-refractivity contribution in [1.29, 1.82) is 0 Å². The van der Waals surface area contributed by atoms with Crippen molar-refractivity contribution in [2.24, 2.45) is 11.3 Å². The molecule has 90 valence electrons. The van der Waals surface area contributed by atoms with Crippen LogP contribution in [0.25, 0.3) is 0 Å². The van der Waals surface area contributed by atoms with E-state index in [1.165, 1.54) is 19.3 Å². The van der Waals surface area contributed by atoms with E-state index in [0.717, 1.165) is 18.8 Å². The first kappa shape index (κ1) is 14.1. The van der Waals surface area contributed by atoms with E-state index in [1.54, 1.807) is 0 Å². The SMILES string of the molecule is CCC(C)(C)C1CCC([Si](Cl)(Cl)Cl)CC1. The smallest absolute Gasteiger partial charge is 0.126 e. The summed E-state index contributed by atoms with van der Waals surface area (Å²) >= 11 is 18.2. The molecule has 0 nitrogen and oxygen atoms in total. The molecule has 0 aromatic heterocycles. The molecular formula is C11H21Cl3Si. The summed E-state index contributed by atoms with van der Waals surface area (Å²) in [6.45, 7) is 7.01. The van der Waals surface area contributed by atoms with Gasteiger partial charge in [0.2, 0.25) is 0 Å². The van der Waals surface area contributed by atoms with E-state index in [9.17, 15) is 0 Å². The molecule has 1 fully saturated rings. The molecule has 1 rings (SSSR count). The van der Waals surface area contributed by atoms with Crippen LogP contribution in [0.4, 0.5) is 0 Å². The molecule has 15 heavy (non-hydrogen) atoms. The second kappa shape index (κ2) is 5.16. The lowest BCUT2D eigenvalue weighted by molar-refractivity contribution is 0.152. The molecule has 0 saturated heterocycles. The molecule has 0 amide bonds. The Hall–Kier alpha value is 1.09. The topological polar surface area (TPSA) is 0 Å². The summed E-state index contributed by atoms with van der Waals surface area (Å²) < 4.78 is 0. The summed E-state index contributed by atoms with van der Waals surface area (Å²) in [5.41, 5.74) is 0.853. The van der Waals surface area contributed by atoms with Gasteiger partial charge in [-0.15, -0.1) is 33.2 Å². The molecule has 4 heteroatoms. The fourth-order valence-electron chi connectivity index (χ4n) is 2.49. The van der Waals surface area contributed by atoms with E-state index in [4.69, 9.17) is 33.2 Å². The highest BCUT2D eigenvalue weighted by molar-refractivity contribution is 7.65. The van der Waals surface area contributed by atoms with Gasteiger partial charge < -0.3 is 0 Å². The Balaban J connectivity index is 2.50. The van der Waals surface area contributed by atoms with Gasteiger partial charge in [-0.1, -0.05) is 27.2 Å². The summed E-state index contributed by atoms with van der Waals surface area (Å²) in [4.78, 5) is 0. The number of hydrogen-bond donors (Lipinski definition) is 0. The van der Waals surface area contributed by atoms with Gasteiger partial charge in [0.1, 0.15) is 0 Å². The van der Waals surface area contributed by atoms with E-state index in [1.807, 2.05) is 0 Å². The van der Waals surface area contributed by atoms with Gasteiger partial charge in [-0.05, 0) is 42.6 Å². The first-order valence-corrected chi connectivity index (χ1v) is 11.0. The summed E-state index contributed by atoms with van der Waals surface area (Å²) in [5.74, 6) is 0.820. The fraction of sp³-hybridized carbons (Fsp3) is 1.00. The maximum atomic E-state index is 6.08. The van der Waals surface area contributed by atoms with E-state index in [2.05, 4.69) is 20.8 Å². The van der Waals surface area contributed by atoms with Crippen LogP contribution in [-0.2, 0) is 0 Å². The second-order valence-corrected chi connectivity index (χ2v) is 14.4. The van der Waals surface area contributed by atoms with Crippen molar-refractivity contribution in [2.75, 3.05) is 0 Å². The molecule has 1 saturated carbocycles. The maximum absolute atomic E-state index is 6.08. The Labute approximate surface area is 109 Å². The minimum atomic E-state index is -2.44. The normalized spacial score (nSPS) is 29.2. The average molecular weight is 288 g/mol. The van der Waals surface area contributed by atoms with Gasteiger partial charge in [-0.25, -0.2) is 0 Å². The Morgan fingerprint density at radius 2 is 1.53 bits per heavy atom. The first-order valence-electron chi connectivity index (χ1n) is 5.84. The molecule has 0 aromatic carbocycles. The molecule has 1 aliphatic rings. The Kier molecular flexibility index (Phi) is 4.87. The molecule has 0 spiro atoms. The largest absolute Gasteiger partial charge is 0.344 e. The highest BCUT2D eigenvalue weighted by Gasteiger charge is 2.41. The minimum absolute atomic E-state index is 0.395. The standard InChI is InChI=1S/C11H21Cl3Si/c1-4-11(2,3)9-5-7-10(8-6-9)15(12,13)14/h9-10H,4-8H2,1-3H3. The molecule has 0 radical (unpaired) electrons.